The number of carbonyl (C=O) groups is 1. The average Bonchev–Trinajstić information content (AvgIpc) is 2.48. The van der Waals surface area contributed by atoms with E-state index in [4.69, 9.17) is 5.11 Å². The van der Waals surface area contributed by atoms with Crippen LogP contribution >= 0.6 is 15.9 Å². The lowest BCUT2D eigenvalue weighted by atomic mass is 10.0. The van der Waals surface area contributed by atoms with Crippen LogP contribution in [0, 0.1) is 0 Å². The van der Waals surface area contributed by atoms with E-state index in [1.54, 1.807) is 4.31 Å². The fourth-order valence-corrected chi connectivity index (χ4v) is 5.04. The molecule has 22 heavy (non-hydrogen) atoms. The van der Waals surface area contributed by atoms with Crippen molar-refractivity contribution in [2.45, 2.75) is 50.0 Å². The molecule has 1 atom stereocenters. The highest BCUT2D eigenvalue weighted by Crippen LogP contribution is 2.29. The van der Waals surface area contributed by atoms with Gasteiger partial charge < -0.3 is 5.11 Å². The van der Waals surface area contributed by atoms with E-state index in [0.717, 1.165) is 32.1 Å². The zero-order valence-corrected chi connectivity index (χ0v) is 14.9. The van der Waals surface area contributed by atoms with Crippen molar-refractivity contribution in [2.75, 3.05) is 6.54 Å². The Morgan fingerprint density at radius 1 is 1.41 bits per heavy atom. The van der Waals surface area contributed by atoms with Gasteiger partial charge in [-0.25, -0.2) is 13.2 Å². The molecule has 1 aromatic rings. The maximum Gasteiger partial charge on any atom is 0.336 e. The van der Waals surface area contributed by atoms with E-state index < -0.39 is 16.0 Å². The number of rotatable bonds is 5. The first-order chi connectivity index (χ1) is 10.4. The lowest BCUT2D eigenvalue weighted by Crippen LogP contribution is -2.43. The molecule has 1 aliphatic heterocycles. The zero-order valence-electron chi connectivity index (χ0n) is 12.5. The Labute approximate surface area is 139 Å². The van der Waals surface area contributed by atoms with Crippen LogP contribution in [0.2, 0.25) is 0 Å². The van der Waals surface area contributed by atoms with Crippen LogP contribution in [0.4, 0.5) is 0 Å². The minimum Gasteiger partial charge on any atom is -0.478 e. The Kier molecular flexibility index (Phi) is 5.63. The Morgan fingerprint density at radius 3 is 2.77 bits per heavy atom. The van der Waals surface area contributed by atoms with Gasteiger partial charge in [0.1, 0.15) is 0 Å². The van der Waals surface area contributed by atoms with Crippen molar-refractivity contribution >= 4 is 31.9 Å². The summed E-state index contributed by atoms with van der Waals surface area (Å²) >= 11 is 3.14. The van der Waals surface area contributed by atoms with Crippen LogP contribution in [-0.4, -0.2) is 36.4 Å². The molecule has 1 saturated heterocycles. The minimum atomic E-state index is -3.66. The fourth-order valence-electron chi connectivity index (χ4n) is 2.88. The normalized spacial score (nSPS) is 20.0. The summed E-state index contributed by atoms with van der Waals surface area (Å²) in [6.45, 7) is 2.55. The topological polar surface area (TPSA) is 74.7 Å². The quantitative estimate of drug-likeness (QED) is 0.835. The SMILES string of the molecule is CCCC1CCCCN1S(=O)(=O)c1ccc(Br)c(C(=O)O)c1. The monoisotopic (exact) mass is 389 g/mol. The maximum absolute atomic E-state index is 12.9. The van der Waals surface area contributed by atoms with Gasteiger partial charge in [-0.05, 0) is 53.4 Å². The number of benzene rings is 1. The lowest BCUT2D eigenvalue weighted by Gasteiger charge is -2.34. The van der Waals surface area contributed by atoms with Crippen molar-refractivity contribution < 1.29 is 18.3 Å². The Morgan fingerprint density at radius 2 is 2.14 bits per heavy atom. The van der Waals surface area contributed by atoms with Crippen LogP contribution in [0.15, 0.2) is 27.6 Å². The molecule has 1 N–H and O–H groups in total. The van der Waals surface area contributed by atoms with Gasteiger partial charge in [0.25, 0.3) is 0 Å². The molecule has 0 aromatic heterocycles. The second kappa shape index (κ2) is 7.10. The highest BCUT2D eigenvalue weighted by Gasteiger charge is 2.33. The largest absolute Gasteiger partial charge is 0.478 e. The molecule has 1 unspecified atom stereocenters. The van der Waals surface area contributed by atoms with Crippen LogP contribution in [0.3, 0.4) is 0 Å². The summed E-state index contributed by atoms with van der Waals surface area (Å²) in [6, 6.07) is 4.19. The summed E-state index contributed by atoms with van der Waals surface area (Å²) in [4.78, 5) is 11.3. The molecule has 2 rings (SSSR count). The van der Waals surface area contributed by atoms with Crippen LogP contribution in [0.5, 0.6) is 0 Å². The van der Waals surface area contributed by atoms with E-state index in [1.807, 2.05) is 6.92 Å². The molecular weight excluding hydrogens is 370 g/mol. The maximum atomic E-state index is 12.9. The molecule has 7 heteroatoms. The molecule has 0 radical (unpaired) electrons. The number of sulfonamides is 1. The molecule has 0 aliphatic carbocycles. The zero-order chi connectivity index (χ0) is 16.3. The van der Waals surface area contributed by atoms with E-state index in [2.05, 4.69) is 15.9 Å². The molecule has 1 aliphatic rings. The van der Waals surface area contributed by atoms with Crippen LogP contribution in [0.1, 0.15) is 49.4 Å². The first-order valence-electron chi connectivity index (χ1n) is 7.42. The second-order valence-corrected chi connectivity index (χ2v) is 8.25. The smallest absolute Gasteiger partial charge is 0.336 e. The first-order valence-corrected chi connectivity index (χ1v) is 9.66. The summed E-state index contributed by atoms with van der Waals surface area (Å²) in [6.07, 6.45) is 4.52. The third-order valence-corrected chi connectivity index (χ3v) is 6.61. The Bertz CT molecular complexity index is 658. The van der Waals surface area contributed by atoms with Gasteiger partial charge >= 0.3 is 5.97 Å². The third-order valence-electron chi connectivity index (χ3n) is 3.97. The van der Waals surface area contributed by atoms with Gasteiger partial charge in [-0.2, -0.15) is 4.31 Å². The van der Waals surface area contributed by atoms with E-state index in [0.29, 0.717) is 11.0 Å². The highest BCUT2D eigenvalue weighted by atomic mass is 79.9. The van der Waals surface area contributed by atoms with Crippen molar-refractivity contribution in [3.05, 3.63) is 28.2 Å². The molecule has 1 aromatic carbocycles. The molecule has 122 valence electrons. The summed E-state index contributed by atoms with van der Waals surface area (Å²) in [5.74, 6) is -1.15. The van der Waals surface area contributed by atoms with Gasteiger partial charge in [0.05, 0.1) is 10.5 Å². The molecule has 0 spiro atoms. The summed E-state index contributed by atoms with van der Waals surface area (Å²) in [7, 11) is -3.66. The minimum absolute atomic E-state index is 0.0145. The first kappa shape index (κ1) is 17.4. The Balaban J connectivity index is 2.40. The molecule has 5 nitrogen and oxygen atoms in total. The van der Waals surface area contributed by atoms with E-state index in [1.165, 1.54) is 18.2 Å². The second-order valence-electron chi connectivity index (χ2n) is 5.50. The molecule has 0 amide bonds. The number of hydrogen-bond donors (Lipinski definition) is 1. The van der Waals surface area contributed by atoms with Crippen molar-refractivity contribution in [1.29, 1.82) is 0 Å². The summed E-state index contributed by atoms with van der Waals surface area (Å²) in [5.41, 5.74) is -0.0369. The number of carboxylic acid groups (broad SMARTS) is 1. The number of aromatic carboxylic acids is 1. The molecule has 1 heterocycles. The van der Waals surface area contributed by atoms with Crippen molar-refractivity contribution in [3.63, 3.8) is 0 Å². The summed E-state index contributed by atoms with van der Waals surface area (Å²) in [5, 5.41) is 9.16. The number of piperidine rings is 1. The van der Waals surface area contributed by atoms with Crippen LogP contribution < -0.4 is 0 Å². The molecular formula is C15H20BrNO4S. The number of nitrogens with zero attached hydrogens (tertiary/aromatic N) is 1. The van der Waals surface area contributed by atoms with Crippen molar-refractivity contribution in [1.82, 2.24) is 4.31 Å². The predicted octanol–water partition coefficient (Wildman–Crippen LogP) is 3.49. The van der Waals surface area contributed by atoms with Gasteiger partial charge in [-0.15, -0.1) is 0 Å². The van der Waals surface area contributed by atoms with Crippen LogP contribution in [-0.2, 0) is 10.0 Å². The highest BCUT2D eigenvalue weighted by molar-refractivity contribution is 9.10. The third kappa shape index (κ3) is 3.52. The van der Waals surface area contributed by atoms with E-state index in [9.17, 15) is 13.2 Å². The lowest BCUT2D eigenvalue weighted by molar-refractivity contribution is 0.0695. The van der Waals surface area contributed by atoms with E-state index >= 15 is 0 Å². The number of carboxylic acids is 1. The van der Waals surface area contributed by atoms with Gasteiger partial charge in [-0.1, -0.05) is 19.8 Å². The van der Waals surface area contributed by atoms with Crippen molar-refractivity contribution in [3.8, 4) is 0 Å². The molecule has 1 fully saturated rings. The molecule has 0 saturated carbocycles. The summed E-state index contributed by atoms with van der Waals surface area (Å²) < 4.78 is 27.7. The van der Waals surface area contributed by atoms with Crippen LogP contribution in [0.25, 0.3) is 0 Å². The predicted molar refractivity (Wildman–Crippen MR) is 87.5 cm³/mol. The Hall–Kier alpha value is -0.920. The van der Waals surface area contributed by atoms with Gasteiger partial charge in [0, 0.05) is 17.1 Å². The van der Waals surface area contributed by atoms with Gasteiger partial charge in [-0.3, -0.25) is 0 Å². The van der Waals surface area contributed by atoms with E-state index in [-0.39, 0.29) is 16.5 Å². The number of halogens is 1. The standard InChI is InChI=1S/C15H20BrNO4S/c1-2-5-11-6-3-4-9-17(11)22(20,21)12-7-8-14(16)13(10-12)15(18)19/h7-8,10-11H,2-6,9H2,1H3,(H,18,19). The molecule has 0 bridgehead atoms. The number of hydrogen-bond acceptors (Lipinski definition) is 3. The average molecular weight is 390 g/mol. The van der Waals surface area contributed by atoms with Crippen molar-refractivity contribution in [2.24, 2.45) is 0 Å². The van der Waals surface area contributed by atoms with Gasteiger partial charge in [0.15, 0.2) is 0 Å². The van der Waals surface area contributed by atoms with Gasteiger partial charge in [0.2, 0.25) is 10.0 Å². The fraction of sp³-hybridized carbons (Fsp3) is 0.533.